The number of likely N-dealkylation sites (N-methyl/N-ethyl adjacent to an activating group) is 1. The average Bonchev–Trinajstić information content (AvgIpc) is 2.47. The van der Waals surface area contributed by atoms with Gasteiger partial charge in [-0.05, 0) is 28.5 Å². The molecule has 1 atom stereocenters. The summed E-state index contributed by atoms with van der Waals surface area (Å²) in [5.41, 5.74) is 0. The number of thiophene rings is 1. The lowest BCUT2D eigenvalue weighted by molar-refractivity contribution is 0.248. The van der Waals surface area contributed by atoms with Crippen molar-refractivity contribution in [3.05, 3.63) is 20.8 Å². The summed E-state index contributed by atoms with van der Waals surface area (Å²) in [7, 11) is 0. The van der Waals surface area contributed by atoms with Crippen LogP contribution in [0.2, 0.25) is 0 Å². The van der Waals surface area contributed by atoms with Crippen molar-refractivity contribution in [1.29, 1.82) is 0 Å². The smallest absolute Gasteiger partial charge is 0.0650 e. The van der Waals surface area contributed by atoms with Gasteiger partial charge in [-0.2, -0.15) is 0 Å². The third-order valence-electron chi connectivity index (χ3n) is 1.56. The lowest BCUT2D eigenvalue weighted by Gasteiger charge is -2.12. The van der Waals surface area contributed by atoms with E-state index in [0.29, 0.717) is 0 Å². The molecule has 1 aromatic rings. The highest BCUT2D eigenvalue weighted by molar-refractivity contribution is 9.10. The van der Waals surface area contributed by atoms with E-state index in [-0.39, 0.29) is 12.6 Å². The first kappa shape index (κ1) is 10.2. The molecule has 2 N–H and O–H groups in total. The summed E-state index contributed by atoms with van der Waals surface area (Å²) < 4.78 is 1.08. The molecule has 1 rings (SSSR count). The standard InChI is InChI=1S/C8H12BrNOS/c1-2-10-7(4-11)8-3-6(9)5-12-8/h3,5,7,10-11H,2,4H2,1H3. The normalized spacial score (nSPS) is 13.2. The summed E-state index contributed by atoms with van der Waals surface area (Å²) in [4.78, 5) is 1.17. The van der Waals surface area contributed by atoms with Crippen molar-refractivity contribution in [3.63, 3.8) is 0 Å². The SMILES string of the molecule is CCNC(CO)c1cc(Br)cs1. The Morgan fingerprint density at radius 1 is 1.75 bits per heavy atom. The van der Waals surface area contributed by atoms with Crippen molar-refractivity contribution in [2.24, 2.45) is 0 Å². The second-order valence-corrected chi connectivity index (χ2v) is 4.32. The Hall–Kier alpha value is 0.1000. The quantitative estimate of drug-likeness (QED) is 0.858. The fraction of sp³-hybridized carbons (Fsp3) is 0.500. The lowest BCUT2D eigenvalue weighted by atomic mass is 10.2. The van der Waals surface area contributed by atoms with E-state index in [1.54, 1.807) is 11.3 Å². The lowest BCUT2D eigenvalue weighted by Crippen LogP contribution is -2.22. The molecule has 4 heteroatoms. The Kier molecular flexibility index (Phi) is 4.21. The second-order valence-electron chi connectivity index (χ2n) is 2.46. The Morgan fingerprint density at radius 2 is 2.50 bits per heavy atom. The number of rotatable bonds is 4. The van der Waals surface area contributed by atoms with E-state index in [4.69, 9.17) is 5.11 Å². The first-order chi connectivity index (χ1) is 5.77. The van der Waals surface area contributed by atoms with Crippen LogP contribution in [0, 0.1) is 0 Å². The van der Waals surface area contributed by atoms with Gasteiger partial charge in [0.2, 0.25) is 0 Å². The van der Waals surface area contributed by atoms with Crippen molar-refractivity contribution >= 4 is 27.3 Å². The van der Waals surface area contributed by atoms with E-state index in [9.17, 15) is 0 Å². The zero-order valence-electron chi connectivity index (χ0n) is 6.88. The van der Waals surface area contributed by atoms with Crippen molar-refractivity contribution in [3.8, 4) is 0 Å². The van der Waals surface area contributed by atoms with Gasteiger partial charge in [0, 0.05) is 14.7 Å². The van der Waals surface area contributed by atoms with Crippen LogP contribution >= 0.6 is 27.3 Å². The Bertz CT molecular complexity index is 239. The van der Waals surface area contributed by atoms with Crippen molar-refractivity contribution in [1.82, 2.24) is 5.32 Å². The van der Waals surface area contributed by atoms with Gasteiger partial charge in [-0.3, -0.25) is 0 Å². The molecule has 12 heavy (non-hydrogen) atoms. The molecule has 1 aromatic heterocycles. The van der Waals surface area contributed by atoms with E-state index in [1.165, 1.54) is 4.88 Å². The van der Waals surface area contributed by atoms with Crippen LogP contribution in [0.3, 0.4) is 0 Å². The first-order valence-electron chi connectivity index (χ1n) is 3.86. The molecular weight excluding hydrogens is 238 g/mol. The minimum Gasteiger partial charge on any atom is -0.394 e. The largest absolute Gasteiger partial charge is 0.394 e. The molecule has 0 saturated heterocycles. The maximum absolute atomic E-state index is 9.05. The number of aliphatic hydroxyl groups excluding tert-OH is 1. The van der Waals surface area contributed by atoms with Gasteiger partial charge in [-0.15, -0.1) is 11.3 Å². The van der Waals surface area contributed by atoms with E-state index in [2.05, 4.69) is 21.2 Å². The number of halogens is 1. The average molecular weight is 250 g/mol. The van der Waals surface area contributed by atoms with Gasteiger partial charge in [-0.1, -0.05) is 6.92 Å². The van der Waals surface area contributed by atoms with Crippen LogP contribution < -0.4 is 5.32 Å². The molecule has 0 saturated carbocycles. The molecule has 0 spiro atoms. The molecule has 68 valence electrons. The monoisotopic (exact) mass is 249 g/mol. The number of hydrogen-bond acceptors (Lipinski definition) is 3. The van der Waals surface area contributed by atoms with Crippen LogP contribution in [0.25, 0.3) is 0 Å². The maximum atomic E-state index is 9.05. The summed E-state index contributed by atoms with van der Waals surface area (Å²) >= 11 is 5.03. The minimum absolute atomic E-state index is 0.0892. The van der Waals surface area contributed by atoms with Crippen LogP contribution in [0.4, 0.5) is 0 Å². The molecule has 1 unspecified atom stereocenters. The Morgan fingerprint density at radius 3 is 2.92 bits per heavy atom. The van der Waals surface area contributed by atoms with Gasteiger partial charge >= 0.3 is 0 Å². The molecule has 0 aliphatic rings. The molecular formula is C8H12BrNOS. The third-order valence-corrected chi connectivity index (χ3v) is 3.37. The van der Waals surface area contributed by atoms with Crippen LogP contribution in [0.1, 0.15) is 17.8 Å². The van der Waals surface area contributed by atoms with E-state index in [0.717, 1.165) is 11.0 Å². The molecule has 0 fully saturated rings. The fourth-order valence-electron chi connectivity index (χ4n) is 1.01. The number of aliphatic hydroxyl groups is 1. The van der Waals surface area contributed by atoms with Crippen LogP contribution in [0.15, 0.2) is 15.9 Å². The van der Waals surface area contributed by atoms with Crippen LogP contribution in [0.5, 0.6) is 0 Å². The highest BCUT2D eigenvalue weighted by atomic mass is 79.9. The van der Waals surface area contributed by atoms with E-state index >= 15 is 0 Å². The minimum atomic E-state index is 0.0892. The predicted molar refractivity (Wildman–Crippen MR) is 55.5 cm³/mol. The third kappa shape index (κ3) is 2.55. The van der Waals surface area contributed by atoms with Crippen LogP contribution in [-0.2, 0) is 0 Å². The molecule has 0 amide bonds. The van der Waals surface area contributed by atoms with Crippen molar-refractivity contribution < 1.29 is 5.11 Å². The van der Waals surface area contributed by atoms with Gasteiger partial charge in [0.05, 0.1) is 12.6 Å². The highest BCUT2D eigenvalue weighted by Gasteiger charge is 2.10. The highest BCUT2D eigenvalue weighted by Crippen LogP contribution is 2.25. The summed E-state index contributed by atoms with van der Waals surface area (Å²) in [6.45, 7) is 3.06. The molecule has 0 radical (unpaired) electrons. The summed E-state index contributed by atoms with van der Waals surface area (Å²) in [5.74, 6) is 0. The molecule has 1 heterocycles. The Balaban J connectivity index is 2.66. The molecule has 0 aliphatic carbocycles. The second kappa shape index (κ2) is 4.97. The van der Waals surface area contributed by atoms with Crippen LogP contribution in [-0.4, -0.2) is 18.3 Å². The zero-order chi connectivity index (χ0) is 8.97. The molecule has 0 bridgehead atoms. The van der Waals surface area contributed by atoms with Gasteiger partial charge in [0.1, 0.15) is 0 Å². The zero-order valence-corrected chi connectivity index (χ0v) is 9.28. The summed E-state index contributed by atoms with van der Waals surface area (Å²) in [6, 6.07) is 2.13. The summed E-state index contributed by atoms with van der Waals surface area (Å²) in [5, 5.41) is 14.3. The summed E-state index contributed by atoms with van der Waals surface area (Å²) in [6.07, 6.45) is 0. The fourth-order valence-corrected chi connectivity index (χ4v) is 2.52. The van der Waals surface area contributed by atoms with Gasteiger partial charge in [0.25, 0.3) is 0 Å². The Labute approximate surface area is 84.7 Å². The van der Waals surface area contributed by atoms with Gasteiger partial charge in [-0.25, -0.2) is 0 Å². The number of nitrogens with one attached hydrogen (secondary N) is 1. The first-order valence-corrected chi connectivity index (χ1v) is 5.53. The molecule has 0 aromatic carbocycles. The maximum Gasteiger partial charge on any atom is 0.0650 e. The van der Waals surface area contributed by atoms with E-state index in [1.807, 2.05) is 18.4 Å². The number of hydrogen-bond donors (Lipinski definition) is 2. The van der Waals surface area contributed by atoms with E-state index < -0.39 is 0 Å². The van der Waals surface area contributed by atoms with Gasteiger partial charge < -0.3 is 10.4 Å². The topological polar surface area (TPSA) is 32.3 Å². The predicted octanol–water partition coefficient (Wildman–Crippen LogP) is 2.15. The molecule has 0 aliphatic heterocycles. The van der Waals surface area contributed by atoms with Crippen molar-refractivity contribution in [2.45, 2.75) is 13.0 Å². The van der Waals surface area contributed by atoms with Crippen molar-refractivity contribution in [2.75, 3.05) is 13.2 Å². The molecule has 2 nitrogen and oxygen atoms in total. The van der Waals surface area contributed by atoms with Gasteiger partial charge in [0.15, 0.2) is 0 Å².